The number of hydrazine groups is 1. The molecule has 2 aromatic carbocycles. The van der Waals surface area contributed by atoms with Gasteiger partial charge < -0.3 is 4.74 Å². The van der Waals surface area contributed by atoms with Crippen molar-refractivity contribution in [1.29, 1.82) is 0 Å². The van der Waals surface area contributed by atoms with Gasteiger partial charge in [-0.2, -0.15) is 0 Å². The summed E-state index contributed by atoms with van der Waals surface area (Å²) in [4.78, 5) is 16.1. The molecule has 0 fully saturated rings. The summed E-state index contributed by atoms with van der Waals surface area (Å²) in [7, 11) is 3.93. The number of benzene rings is 2. The Kier molecular flexibility index (Phi) is 4.50. The largest absolute Gasteiger partial charge is 0.457 e. The van der Waals surface area contributed by atoms with Crippen LogP contribution in [0.25, 0.3) is 0 Å². The first-order chi connectivity index (χ1) is 11.1. The number of nitrogens with zero attached hydrogens (tertiary/aromatic N) is 2. The Hall–Kier alpha value is -2.50. The minimum absolute atomic E-state index is 0.269. The fourth-order valence-corrected chi connectivity index (χ4v) is 2.37. The molecule has 5 nitrogen and oxygen atoms in total. The van der Waals surface area contributed by atoms with Crippen molar-refractivity contribution in [2.45, 2.75) is 13.2 Å². The zero-order valence-electron chi connectivity index (χ0n) is 13.2. The predicted molar refractivity (Wildman–Crippen MR) is 89.8 cm³/mol. The van der Waals surface area contributed by atoms with E-state index in [1.54, 1.807) is 6.07 Å². The Morgan fingerprint density at radius 1 is 1.22 bits per heavy atom. The van der Waals surface area contributed by atoms with Crippen molar-refractivity contribution in [1.82, 2.24) is 10.4 Å². The van der Waals surface area contributed by atoms with Crippen molar-refractivity contribution in [2.24, 2.45) is 4.99 Å². The van der Waals surface area contributed by atoms with Crippen molar-refractivity contribution in [3.8, 4) is 0 Å². The average molecular weight is 309 g/mol. The van der Waals surface area contributed by atoms with Crippen LogP contribution >= 0.6 is 0 Å². The van der Waals surface area contributed by atoms with E-state index in [2.05, 4.69) is 22.6 Å². The van der Waals surface area contributed by atoms with Crippen LogP contribution in [0.3, 0.4) is 0 Å². The summed E-state index contributed by atoms with van der Waals surface area (Å²) in [6.45, 7) is 1.09. The third kappa shape index (κ3) is 3.64. The molecule has 118 valence electrons. The number of rotatable bonds is 5. The van der Waals surface area contributed by atoms with E-state index in [1.807, 2.05) is 49.6 Å². The average Bonchev–Trinajstić information content (AvgIpc) is 2.94. The number of nitrogens with one attached hydrogen (secondary N) is 1. The molecule has 2 aromatic rings. The molecule has 0 unspecified atom stereocenters. The summed E-state index contributed by atoms with van der Waals surface area (Å²) in [5.74, 6) is -0.269. The number of carbonyl (C=O) groups is 1. The van der Waals surface area contributed by atoms with Crippen molar-refractivity contribution in [3.63, 3.8) is 0 Å². The number of fused-ring (bicyclic) bond motifs is 1. The quantitative estimate of drug-likeness (QED) is 0.524. The molecule has 0 amide bonds. The van der Waals surface area contributed by atoms with Crippen LogP contribution in [0, 0.1) is 0 Å². The number of esters is 1. The van der Waals surface area contributed by atoms with Gasteiger partial charge in [-0.1, -0.05) is 30.3 Å². The van der Waals surface area contributed by atoms with E-state index in [9.17, 15) is 4.79 Å². The fraction of sp³-hybridized carbons (Fsp3) is 0.222. The highest BCUT2D eigenvalue weighted by atomic mass is 16.5. The maximum absolute atomic E-state index is 11.6. The summed E-state index contributed by atoms with van der Waals surface area (Å²) in [5, 5.41) is 1.93. The van der Waals surface area contributed by atoms with Crippen LogP contribution in [-0.4, -0.2) is 31.3 Å². The first-order valence-corrected chi connectivity index (χ1v) is 7.46. The monoisotopic (exact) mass is 309 g/mol. The Labute approximate surface area is 135 Å². The summed E-state index contributed by atoms with van der Waals surface area (Å²) in [5.41, 5.74) is 7.71. The van der Waals surface area contributed by atoms with E-state index < -0.39 is 0 Å². The van der Waals surface area contributed by atoms with E-state index in [4.69, 9.17) is 4.74 Å². The van der Waals surface area contributed by atoms with Gasteiger partial charge in [0.05, 0.1) is 11.3 Å². The molecule has 3 rings (SSSR count). The van der Waals surface area contributed by atoms with Gasteiger partial charge in [-0.15, -0.1) is 0 Å². The lowest BCUT2D eigenvalue weighted by atomic mass is 10.1. The van der Waals surface area contributed by atoms with Gasteiger partial charge in [-0.25, -0.2) is 4.79 Å². The second-order valence-electron chi connectivity index (χ2n) is 5.61. The van der Waals surface area contributed by atoms with Crippen molar-refractivity contribution in [3.05, 3.63) is 64.7 Å². The molecule has 0 aromatic heterocycles. The number of hydrogen-bond acceptors (Lipinski definition) is 5. The van der Waals surface area contributed by atoms with Crippen LogP contribution in [0.15, 0.2) is 47.5 Å². The minimum Gasteiger partial charge on any atom is -0.457 e. The van der Waals surface area contributed by atoms with E-state index in [1.165, 1.54) is 5.56 Å². The Bertz CT molecular complexity index is 736. The van der Waals surface area contributed by atoms with Gasteiger partial charge in [-0.3, -0.25) is 15.4 Å². The van der Waals surface area contributed by atoms with Crippen molar-refractivity contribution >= 4 is 17.9 Å². The van der Waals surface area contributed by atoms with Crippen LogP contribution in [0.2, 0.25) is 0 Å². The smallest absolute Gasteiger partial charge is 0.338 e. The normalized spacial score (nSPS) is 13.6. The number of cyclic esters (lactones) is 1. The van der Waals surface area contributed by atoms with Crippen LogP contribution < -0.4 is 5.43 Å². The standard InChI is InChI=1S/C18H19N3O2/c1-21(2)20-11-14-8-6-13(7-9-14)10-19-17-5-3-4-15-16(17)12-23-18(15)22/h3-10,20H,11-12H2,1-2H3. The third-order valence-electron chi connectivity index (χ3n) is 3.65. The molecule has 1 aliphatic heterocycles. The SMILES string of the molecule is CN(C)NCc1ccc(C=Nc2cccc3c2COC3=O)cc1. The van der Waals surface area contributed by atoms with E-state index in [-0.39, 0.29) is 5.97 Å². The highest BCUT2D eigenvalue weighted by Crippen LogP contribution is 2.29. The zero-order chi connectivity index (χ0) is 16.2. The van der Waals surface area contributed by atoms with Gasteiger partial charge in [0.1, 0.15) is 6.61 Å². The topological polar surface area (TPSA) is 53.9 Å². The van der Waals surface area contributed by atoms with E-state index in [0.717, 1.165) is 23.4 Å². The number of ether oxygens (including phenoxy) is 1. The lowest BCUT2D eigenvalue weighted by Crippen LogP contribution is -2.29. The fourth-order valence-electron chi connectivity index (χ4n) is 2.37. The Balaban J connectivity index is 1.73. The molecular weight excluding hydrogens is 290 g/mol. The molecule has 1 aliphatic rings. The third-order valence-corrected chi connectivity index (χ3v) is 3.65. The van der Waals surface area contributed by atoms with Gasteiger partial charge in [0.15, 0.2) is 0 Å². The van der Waals surface area contributed by atoms with Crippen LogP contribution in [0.1, 0.15) is 27.0 Å². The molecule has 0 bridgehead atoms. The highest BCUT2D eigenvalue weighted by molar-refractivity contribution is 5.95. The van der Waals surface area contributed by atoms with Crippen LogP contribution in [-0.2, 0) is 17.9 Å². The maximum atomic E-state index is 11.6. The van der Waals surface area contributed by atoms with Crippen LogP contribution in [0.5, 0.6) is 0 Å². The summed E-state index contributed by atoms with van der Waals surface area (Å²) in [6.07, 6.45) is 1.81. The second-order valence-corrected chi connectivity index (χ2v) is 5.61. The number of hydrogen-bond donors (Lipinski definition) is 1. The van der Waals surface area contributed by atoms with Crippen molar-refractivity contribution in [2.75, 3.05) is 14.1 Å². The van der Waals surface area contributed by atoms with Gasteiger partial charge in [0.2, 0.25) is 0 Å². The van der Waals surface area contributed by atoms with Gasteiger partial charge in [-0.05, 0) is 23.3 Å². The Morgan fingerprint density at radius 2 is 2.00 bits per heavy atom. The molecule has 1 heterocycles. The molecular formula is C18H19N3O2. The number of carbonyl (C=O) groups excluding carboxylic acids is 1. The highest BCUT2D eigenvalue weighted by Gasteiger charge is 2.23. The molecule has 5 heteroatoms. The lowest BCUT2D eigenvalue weighted by Gasteiger charge is -2.11. The second kappa shape index (κ2) is 6.73. The molecule has 0 spiro atoms. The Morgan fingerprint density at radius 3 is 2.74 bits per heavy atom. The molecule has 0 aliphatic carbocycles. The lowest BCUT2D eigenvalue weighted by molar-refractivity contribution is 0.0535. The zero-order valence-corrected chi connectivity index (χ0v) is 13.2. The molecule has 0 saturated heterocycles. The first kappa shape index (κ1) is 15.4. The van der Waals surface area contributed by atoms with Gasteiger partial charge in [0.25, 0.3) is 0 Å². The van der Waals surface area contributed by atoms with Gasteiger partial charge >= 0.3 is 5.97 Å². The van der Waals surface area contributed by atoms with Gasteiger partial charge in [0, 0.05) is 32.4 Å². The predicted octanol–water partition coefficient (Wildman–Crippen LogP) is 2.67. The first-order valence-electron chi connectivity index (χ1n) is 7.46. The van der Waals surface area contributed by atoms with E-state index in [0.29, 0.717) is 12.2 Å². The molecule has 0 atom stereocenters. The summed E-state index contributed by atoms with van der Waals surface area (Å²) < 4.78 is 5.05. The maximum Gasteiger partial charge on any atom is 0.338 e. The molecule has 0 saturated carbocycles. The van der Waals surface area contributed by atoms with Crippen LogP contribution in [0.4, 0.5) is 5.69 Å². The molecule has 1 N–H and O–H groups in total. The summed E-state index contributed by atoms with van der Waals surface area (Å²) >= 11 is 0. The van der Waals surface area contributed by atoms with Crippen molar-refractivity contribution < 1.29 is 9.53 Å². The van der Waals surface area contributed by atoms with E-state index >= 15 is 0 Å². The summed E-state index contributed by atoms with van der Waals surface area (Å²) in [6, 6.07) is 13.7. The minimum atomic E-state index is -0.269. The molecule has 0 radical (unpaired) electrons. The molecule has 23 heavy (non-hydrogen) atoms. The number of aliphatic imine (C=N–C) groups is 1.